The van der Waals surface area contributed by atoms with Gasteiger partial charge in [-0.15, -0.1) is 0 Å². The van der Waals surface area contributed by atoms with Crippen LogP contribution in [0.5, 0.6) is 5.75 Å². The summed E-state index contributed by atoms with van der Waals surface area (Å²) in [6, 6.07) is 10.8. The molecule has 2 aromatic rings. The van der Waals surface area contributed by atoms with Crippen LogP contribution in [0.2, 0.25) is 5.02 Å². The molecule has 1 heterocycles. The Morgan fingerprint density at radius 2 is 1.84 bits per heavy atom. The Morgan fingerprint density at radius 1 is 1.12 bits per heavy atom. The molecule has 0 aliphatic carbocycles. The topological polar surface area (TPSA) is 82.7 Å². The van der Waals surface area contributed by atoms with E-state index in [0.717, 1.165) is 25.9 Å². The van der Waals surface area contributed by atoms with Gasteiger partial charge in [0, 0.05) is 35.8 Å². The fourth-order valence-electron chi connectivity index (χ4n) is 3.73. The van der Waals surface area contributed by atoms with Crippen molar-refractivity contribution in [3.63, 3.8) is 0 Å². The van der Waals surface area contributed by atoms with Crippen molar-refractivity contribution in [2.75, 3.05) is 38.6 Å². The Morgan fingerprint density at radius 3 is 2.50 bits per heavy atom. The van der Waals surface area contributed by atoms with E-state index in [4.69, 9.17) is 16.3 Å². The van der Waals surface area contributed by atoms with Crippen LogP contribution in [0.1, 0.15) is 30.9 Å². The number of nitrogens with zero attached hydrogens (tertiary/aromatic N) is 1. The van der Waals surface area contributed by atoms with Crippen molar-refractivity contribution >= 4 is 29.2 Å². The molecule has 9 heteroatoms. The summed E-state index contributed by atoms with van der Waals surface area (Å²) in [6.45, 7) is 2.08. The Balaban J connectivity index is 1.47. The minimum atomic E-state index is -0.406. The largest absolute Gasteiger partial charge is 0.497 e. The van der Waals surface area contributed by atoms with E-state index in [1.165, 1.54) is 6.07 Å². The molecule has 3 amide bonds. The molecular formula is C23H28ClFN4O3. The summed E-state index contributed by atoms with van der Waals surface area (Å²) in [7, 11) is 1.57. The predicted molar refractivity (Wildman–Crippen MR) is 123 cm³/mol. The van der Waals surface area contributed by atoms with Gasteiger partial charge in [-0.25, -0.2) is 9.18 Å². The van der Waals surface area contributed by atoms with Crippen molar-refractivity contribution in [3.8, 4) is 5.75 Å². The van der Waals surface area contributed by atoms with Gasteiger partial charge in [-0.3, -0.25) is 9.69 Å². The summed E-state index contributed by atoms with van der Waals surface area (Å²) in [5.41, 5.74) is 1.02. The number of hydrogen-bond donors (Lipinski definition) is 3. The molecule has 0 aromatic heterocycles. The van der Waals surface area contributed by atoms with Crippen molar-refractivity contribution in [2.45, 2.75) is 25.3 Å². The summed E-state index contributed by atoms with van der Waals surface area (Å²) >= 11 is 6.28. The number of likely N-dealkylation sites (tertiary alicyclic amines) is 1. The second kappa shape index (κ2) is 11.7. The molecule has 1 aliphatic rings. The van der Waals surface area contributed by atoms with Gasteiger partial charge in [-0.05, 0) is 62.3 Å². The van der Waals surface area contributed by atoms with E-state index in [0.29, 0.717) is 22.0 Å². The Labute approximate surface area is 192 Å². The van der Waals surface area contributed by atoms with Crippen LogP contribution in [0, 0.1) is 5.82 Å². The van der Waals surface area contributed by atoms with Crippen LogP contribution in [-0.2, 0) is 4.79 Å². The van der Waals surface area contributed by atoms with Gasteiger partial charge in [-0.2, -0.15) is 0 Å². The average molecular weight is 463 g/mol. The number of carbonyl (C=O) groups is 2. The fourth-order valence-corrected chi connectivity index (χ4v) is 4.02. The number of carbonyl (C=O) groups excluding carboxylic acids is 2. The van der Waals surface area contributed by atoms with E-state index in [-0.39, 0.29) is 37.3 Å². The number of urea groups is 1. The number of methoxy groups -OCH3 is 1. The lowest BCUT2D eigenvalue weighted by atomic mass is 10.0. The first kappa shape index (κ1) is 23.8. The molecule has 172 valence electrons. The second-order valence-electron chi connectivity index (χ2n) is 7.56. The highest BCUT2D eigenvalue weighted by molar-refractivity contribution is 6.31. The first-order valence-electron chi connectivity index (χ1n) is 10.6. The molecule has 0 bridgehead atoms. The fraction of sp³-hybridized carbons (Fsp3) is 0.391. The predicted octanol–water partition coefficient (Wildman–Crippen LogP) is 3.95. The molecule has 0 unspecified atom stereocenters. The third-order valence-electron chi connectivity index (χ3n) is 5.39. The van der Waals surface area contributed by atoms with Crippen molar-refractivity contribution in [3.05, 3.63) is 58.9 Å². The number of anilines is 1. The van der Waals surface area contributed by atoms with Crippen molar-refractivity contribution in [2.24, 2.45) is 0 Å². The van der Waals surface area contributed by atoms with Crippen LogP contribution < -0.4 is 20.7 Å². The summed E-state index contributed by atoms with van der Waals surface area (Å²) in [6.07, 6.45) is 2.17. The van der Waals surface area contributed by atoms with Gasteiger partial charge in [0.05, 0.1) is 13.2 Å². The highest BCUT2D eigenvalue weighted by atomic mass is 35.5. The quantitative estimate of drug-likeness (QED) is 0.527. The van der Waals surface area contributed by atoms with Crippen LogP contribution in [0.15, 0.2) is 42.5 Å². The second-order valence-corrected chi connectivity index (χ2v) is 7.96. The summed E-state index contributed by atoms with van der Waals surface area (Å²) < 4.78 is 19.6. The minimum absolute atomic E-state index is 0.105. The number of nitrogens with one attached hydrogen (secondary N) is 3. The molecule has 3 rings (SSSR count). The zero-order valence-corrected chi connectivity index (χ0v) is 18.8. The van der Waals surface area contributed by atoms with Crippen molar-refractivity contribution in [1.29, 1.82) is 0 Å². The SMILES string of the molecule is COc1ccc(NC(=O)NCCC(=O)NC[C@@H](c2c(F)cccc2Cl)N2CCCC2)cc1. The Kier molecular flexibility index (Phi) is 8.70. The maximum absolute atomic E-state index is 14.5. The third-order valence-corrected chi connectivity index (χ3v) is 5.72. The number of ether oxygens (including phenoxy) is 1. The molecule has 0 spiro atoms. The molecule has 1 saturated heterocycles. The lowest BCUT2D eigenvalue weighted by Crippen LogP contribution is -2.39. The van der Waals surface area contributed by atoms with Crippen molar-refractivity contribution < 1.29 is 18.7 Å². The highest BCUT2D eigenvalue weighted by Crippen LogP contribution is 2.31. The first-order chi connectivity index (χ1) is 15.5. The van der Waals surface area contributed by atoms with E-state index in [1.54, 1.807) is 43.5 Å². The molecule has 1 aliphatic heterocycles. The molecular weight excluding hydrogens is 435 g/mol. The van der Waals surface area contributed by atoms with E-state index in [1.807, 2.05) is 0 Å². The number of benzene rings is 2. The van der Waals surface area contributed by atoms with Gasteiger partial charge in [0.15, 0.2) is 0 Å². The summed E-state index contributed by atoms with van der Waals surface area (Å²) in [5.74, 6) is 0.0865. The van der Waals surface area contributed by atoms with Gasteiger partial charge in [0.1, 0.15) is 11.6 Å². The summed E-state index contributed by atoms with van der Waals surface area (Å²) in [4.78, 5) is 26.5. The maximum atomic E-state index is 14.5. The Hall–Kier alpha value is -2.84. The van der Waals surface area contributed by atoms with E-state index in [2.05, 4.69) is 20.9 Å². The normalized spacial score (nSPS) is 14.6. The molecule has 32 heavy (non-hydrogen) atoms. The maximum Gasteiger partial charge on any atom is 0.319 e. The van der Waals surface area contributed by atoms with E-state index in [9.17, 15) is 14.0 Å². The molecule has 7 nitrogen and oxygen atoms in total. The number of amides is 3. The van der Waals surface area contributed by atoms with Gasteiger partial charge >= 0.3 is 6.03 Å². The first-order valence-corrected chi connectivity index (χ1v) is 11.0. The van der Waals surface area contributed by atoms with Gasteiger partial charge in [0.25, 0.3) is 0 Å². The number of rotatable bonds is 9. The standard InChI is InChI=1S/C23H28ClFN4O3/c1-32-17-9-7-16(8-10-17)28-23(31)26-12-11-21(30)27-15-20(29-13-2-3-14-29)22-18(24)5-4-6-19(22)25/h4-10,20H,2-3,11-15H2,1H3,(H,27,30)(H2,26,28,31)/t20-/m0/s1. The van der Waals surface area contributed by atoms with Gasteiger partial charge < -0.3 is 20.7 Å². The zero-order chi connectivity index (χ0) is 22.9. The van der Waals surface area contributed by atoms with Crippen LogP contribution in [0.25, 0.3) is 0 Å². The minimum Gasteiger partial charge on any atom is -0.497 e. The van der Waals surface area contributed by atoms with Crippen LogP contribution in [-0.4, -0.2) is 50.1 Å². The van der Waals surface area contributed by atoms with Crippen molar-refractivity contribution in [1.82, 2.24) is 15.5 Å². The molecule has 3 N–H and O–H groups in total. The van der Waals surface area contributed by atoms with Crippen LogP contribution in [0.4, 0.5) is 14.9 Å². The lowest BCUT2D eigenvalue weighted by molar-refractivity contribution is -0.121. The van der Waals surface area contributed by atoms with Crippen LogP contribution >= 0.6 is 11.6 Å². The molecule has 0 saturated carbocycles. The zero-order valence-electron chi connectivity index (χ0n) is 18.0. The van der Waals surface area contributed by atoms with Crippen LogP contribution in [0.3, 0.4) is 0 Å². The Bertz CT molecular complexity index is 900. The molecule has 1 atom stereocenters. The van der Waals surface area contributed by atoms with E-state index >= 15 is 0 Å². The van der Waals surface area contributed by atoms with Gasteiger partial charge in [0.2, 0.25) is 5.91 Å². The van der Waals surface area contributed by atoms with E-state index < -0.39 is 6.03 Å². The average Bonchev–Trinajstić information content (AvgIpc) is 3.31. The highest BCUT2D eigenvalue weighted by Gasteiger charge is 2.28. The lowest BCUT2D eigenvalue weighted by Gasteiger charge is -2.29. The summed E-state index contributed by atoms with van der Waals surface area (Å²) in [5, 5.41) is 8.55. The van der Waals surface area contributed by atoms with Gasteiger partial charge in [-0.1, -0.05) is 17.7 Å². The molecule has 2 aromatic carbocycles. The molecule has 0 radical (unpaired) electrons. The smallest absolute Gasteiger partial charge is 0.319 e. The number of hydrogen-bond acceptors (Lipinski definition) is 4. The monoisotopic (exact) mass is 462 g/mol. The molecule has 1 fully saturated rings. The third kappa shape index (κ3) is 6.58. The number of halogens is 2.